The lowest BCUT2D eigenvalue weighted by Gasteiger charge is -2.21. The van der Waals surface area contributed by atoms with Gasteiger partial charge in [-0.15, -0.1) is 0 Å². The Morgan fingerprint density at radius 1 is 0.964 bits per heavy atom. The largest absolute Gasteiger partial charge is 0.497 e. The summed E-state index contributed by atoms with van der Waals surface area (Å²) in [4.78, 5) is 17.0. The van der Waals surface area contributed by atoms with Gasteiger partial charge in [0.05, 0.1) is 14.2 Å². The number of hydrogen-bond acceptors (Lipinski definition) is 4. The van der Waals surface area contributed by atoms with Crippen LogP contribution in [0.4, 0.5) is 0 Å². The second-order valence-electron chi connectivity index (χ2n) is 6.88. The molecule has 0 unspecified atom stereocenters. The van der Waals surface area contributed by atoms with Gasteiger partial charge in [0, 0.05) is 44.4 Å². The third-order valence-electron chi connectivity index (χ3n) is 5.01. The summed E-state index contributed by atoms with van der Waals surface area (Å²) in [5.41, 5.74) is 2.17. The van der Waals surface area contributed by atoms with Crippen LogP contribution in [0.15, 0.2) is 54.6 Å². The highest BCUT2D eigenvalue weighted by atomic mass is 16.5. The number of carbonyl (C=O) groups is 1. The van der Waals surface area contributed by atoms with Gasteiger partial charge in [0.15, 0.2) is 0 Å². The molecule has 1 saturated heterocycles. The Labute approximate surface area is 167 Å². The average molecular weight is 380 g/mol. The molecule has 28 heavy (non-hydrogen) atoms. The zero-order chi connectivity index (χ0) is 19.8. The van der Waals surface area contributed by atoms with Gasteiger partial charge in [-0.3, -0.25) is 9.69 Å². The van der Waals surface area contributed by atoms with E-state index in [1.165, 1.54) is 5.56 Å². The molecule has 0 radical (unpaired) electrons. The number of methoxy groups -OCH3 is 2. The first kappa shape index (κ1) is 20.0. The van der Waals surface area contributed by atoms with Crippen molar-refractivity contribution >= 4 is 12.0 Å². The first-order valence-corrected chi connectivity index (χ1v) is 9.65. The molecule has 0 aliphatic carbocycles. The van der Waals surface area contributed by atoms with Crippen molar-refractivity contribution in [2.24, 2.45) is 0 Å². The average Bonchev–Trinajstić information content (AvgIpc) is 2.98. The van der Waals surface area contributed by atoms with Crippen molar-refractivity contribution in [2.75, 3.05) is 40.4 Å². The quantitative estimate of drug-likeness (QED) is 0.720. The summed E-state index contributed by atoms with van der Waals surface area (Å²) in [6.07, 6.45) is 4.46. The van der Waals surface area contributed by atoms with E-state index in [1.54, 1.807) is 20.3 Å². The van der Waals surface area contributed by atoms with E-state index in [1.807, 2.05) is 47.4 Å². The number of carbonyl (C=O) groups excluding carboxylic acids is 1. The summed E-state index contributed by atoms with van der Waals surface area (Å²) in [5, 5.41) is 0. The minimum Gasteiger partial charge on any atom is -0.497 e. The highest BCUT2D eigenvalue weighted by Crippen LogP contribution is 2.19. The fraction of sp³-hybridized carbons (Fsp3) is 0.348. The van der Waals surface area contributed by atoms with E-state index < -0.39 is 0 Å². The Balaban J connectivity index is 1.55. The Hall–Kier alpha value is -2.79. The Kier molecular flexibility index (Phi) is 7.09. The van der Waals surface area contributed by atoms with Crippen molar-refractivity contribution in [2.45, 2.75) is 13.0 Å². The summed E-state index contributed by atoms with van der Waals surface area (Å²) in [6.45, 7) is 4.29. The molecule has 0 saturated carbocycles. The Morgan fingerprint density at radius 2 is 1.75 bits per heavy atom. The van der Waals surface area contributed by atoms with E-state index in [4.69, 9.17) is 9.47 Å². The van der Waals surface area contributed by atoms with Crippen LogP contribution in [0.3, 0.4) is 0 Å². The second kappa shape index (κ2) is 9.95. The molecule has 1 heterocycles. The molecule has 1 aliphatic heterocycles. The van der Waals surface area contributed by atoms with Crippen molar-refractivity contribution in [3.63, 3.8) is 0 Å². The van der Waals surface area contributed by atoms with Crippen molar-refractivity contribution in [3.05, 3.63) is 65.7 Å². The van der Waals surface area contributed by atoms with E-state index in [9.17, 15) is 4.79 Å². The monoisotopic (exact) mass is 380 g/mol. The number of hydrogen-bond donors (Lipinski definition) is 0. The number of amides is 1. The topological polar surface area (TPSA) is 42.0 Å². The molecule has 0 aromatic heterocycles. The minimum absolute atomic E-state index is 0.0530. The standard InChI is InChI=1S/C23H28N2O3/c1-27-21-11-8-19(9-12-21)18-24-14-5-15-25(17-16-24)23(26)13-10-20-6-3-4-7-22(20)28-2/h3-4,6-13H,5,14-18H2,1-2H3/b13-10+. The van der Waals surface area contributed by atoms with Crippen LogP contribution in [0.5, 0.6) is 11.5 Å². The fourth-order valence-corrected chi connectivity index (χ4v) is 3.41. The lowest BCUT2D eigenvalue weighted by Crippen LogP contribution is -2.34. The van der Waals surface area contributed by atoms with Crippen LogP contribution in [0.2, 0.25) is 0 Å². The van der Waals surface area contributed by atoms with Crippen LogP contribution in [-0.2, 0) is 11.3 Å². The maximum atomic E-state index is 12.6. The summed E-state index contributed by atoms with van der Waals surface area (Å²) < 4.78 is 10.6. The lowest BCUT2D eigenvalue weighted by atomic mass is 10.2. The summed E-state index contributed by atoms with van der Waals surface area (Å²) >= 11 is 0. The number of nitrogens with zero attached hydrogens (tertiary/aromatic N) is 2. The van der Waals surface area contributed by atoms with Crippen molar-refractivity contribution < 1.29 is 14.3 Å². The van der Waals surface area contributed by atoms with Gasteiger partial charge in [-0.25, -0.2) is 0 Å². The fourth-order valence-electron chi connectivity index (χ4n) is 3.41. The third-order valence-corrected chi connectivity index (χ3v) is 5.01. The van der Waals surface area contributed by atoms with Gasteiger partial charge in [-0.05, 0) is 36.3 Å². The number of rotatable bonds is 6. The Morgan fingerprint density at radius 3 is 2.50 bits per heavy atom. The molecular weight excluding hydrogens is 352 g/mol. The van der Waals surface area contributed by atoms with Crippen LogP contribution in [0, 0.1) is 0 Å². The van der Waals surface area contributed by atoms with E-state index in [0.29, 0.717) is 0 Å². The molecular formula is C23H28N2O3. The number of para-hydroxylation sites is 1. The molecule has 148 valence electrons. The highest BCUT2D eigenvalue weighted by molar-refractivity contribution is 5.92. The second-order valence-corrected chi connectivity index (χ2v) is 6.88. The van der Waals surface area contributed by atoms with Crippen molar-refractivity contribution in [1.82, 2.24) is 9.80 Å². The molecule has 0 spiro atoms. The molecule has 0 atom stereocenters. The van der Waals surface area contributed by atoms with Crippen LogP contribution in [-0.4, -0.2) is 56.1 Å². The molecule has 1 aliphatic rings. The first-order chi connectivity index (χ1) is 13.7. The molecule has 1 fully saturated rings. The van der Waals surface area contributed by atoms with Crippen LogP contribution in [0.1, 0.15) is 17.5 Å². The summed E-state index contributed by atoms with van der Waals surface area (Å²) in [7, 11) is 3.32. The van der Waals surface area contributed by atoms with Gasteiger partial charge in [-0.1, -0.05) is 30.3 Å². The zero-order valence-corrected chi connectivity index (χ0v) is 16.6. The van der Waals surface area contributed by atoms with Crippen LogP contribution in [0.25, 0.3) is 6.08 Å². The van der Waals surface area contributed by atoms with Crippen LogP contribution >= 0.6 is 0 Å². The van der Waals surface area contributed by atoms with Crippen molar-refractivity contribution in [3.8, 4) is 11.5 Å². The lowest BCUT2D eigenvalue weighted by molar-refractivity contribution is -0.125. The van der Waals surface area contributed by atoms with E-state index >= 15 is 0 Å². The molecule has 5 nitrogen and oxygen atoms in total. The van der Waals surface area contributed by atoms with Gasteiger partial charge >= 0.3 is 0 Å². The van der Waals surface area contributed by atoms with E-state index in [-0.39, 0.29) is 5.91 Å². The Bertz CT molecular complexity index is 802. The normalized spacial score (nSPS) is 15.4. The highest BCUT2D eigenvalue weighted by Gasteiger charge is 2.17. The first-order valence-electron chi connectivity index (χ1n) is 9.65. The van der Waals surface area contributed by atoms with Gasteiger partial charge in [0.25, 0.3) is 0 Å². The van der Waals surface area contributed by atoms with Gasteiger partial charge in [0.1, 0.15) is 11.5 Å². The molecule has 1 amide bonds. The molecule has 0 N–H and O–H groups in total. The van der Waals surface area contributed by atoms with E-state index in [2.05, 4.69) is 17.0 Å². The predicted octanol–water partition coefficient (Wildman–Crippen LogP) is 3.45. The smallest absolute Gasteiger partial charge is 0.246 e. The molecule has 2 aromatic carbocycles. The summed E-state index contributed by atoms with van der Waals surface area (Å²) in [5.74, 6) is 1.70. The van der Waals surface area contributed by atoms with E-state index in [0.717, 1.165) is 56.2 Å². The van der Waals surface area contributed by atoms with Gasteiger partial charge in [-0.2, -0.15) is 0 Å². The third kappa shape index (κ3) is 5.36. The predicted molar refractivity (Wildman–Crippen MR) is 111 cm³/mol. The number of ether oxygens (including phenoxy) is 2. The maximum Gasteiger partial charge on any atom is 0.246 e. The molecule has 0 bridgehead atoms. The van der Waals surface area contributed by atoms with Gasteiger partial charge < -0.3 is 14.4 Å². The summed E-state index contributed by atoms with van der Waals surface area (Å²) in [6, 6.07) is 15.9. The maximum absolute atomic E-state index is 12.6. The molecule has 5 heteroatoms. The van der Waals surface area contributed by atoms with Crippen LogP contribution < -0.4 is 9.47 Å². The molecule has 2 aromatic rings. The van der Waals surface area contributed by atoms with Gasteiger partial charge in [0.2, 0.25) is 5.91 Å². The zero-order valence-electron chi connectivity index (χ0n) is 16.6. The minimum atomic E-state index is 0.0530. The van der Waals surface area contributed by atoms with Crippen molar-refractivity contribution in [1.29, 1.82) is 0 Å². The number of benzene rings is 2. The molecule has 3 rings (SSSR count). The SMILES string of the molecule is COc1ccc(CN2CCCN(C(=O)/C=C/c3ccccc3OC)CC2)cc1.